The van der Waals surface area contributed by atoms with Gasteiger partial charge in [0.15, 0.2) is 11.6 Å². The number of nitrogens with one attached hydrogen (secondary N) is 1. The SMILES string of the molecule is CN(C)CCCOc1cccnc1NN. The lowest BCUT2D eigenvalue weighted by Crippen LogP contribution is -2.16. The maximum absolute atomic E-state index is 5.55. The maximum Gasteiger partial charge on any atom is 0.182 e. The highest BCUT2D eigenvalue weighted by Gasteiger charge is 2.01. The minimum absolute atomic E-state index is 0.572. The lowest BCUT2D eigenvalue weighted by Gasteiger charge is -2.11. The number of nitrogens with two attached hydrogens (primary N) is 1. The molecule has 0 aromatic carbocycles. The standard InChI is InChI=1S/C10H18N4O/c1-14(2)7-4-8-15-9-5-3-6-12-10(9)13-11/h3,5-6H,4,7-8,11H2,1-2H3,(H,12,13). The number of aromatic nitrogens is 1. The van der Waals surface area contributed by atoms with Gasteiger partial charge < -0.3 is 15.1 Å². The van der Waals surface area contributed by atoms with Crippen LogP contribution in [0.4, 0.5) is 5.82 Å². The van der Waals surface area contributed by atoms with E-state index in [1.807, 2.05) is 26.2 Å². The molecule has 84 valence electrons. The van der Waals surface area contributed by atoms with Crippen molar-refractivity contribution in [1.82, 2.24) is 9.88 Å². The van der Waals surface area contributed by atoms with Gasteiger partial charge in [0.05, 0.1) is 6.61 Å². The summed E-state index contributed by atoms with van der Waals surface area (Å²) in [5.41, 5.74) is 2.50. The van der Waals surface area contributed by atoms with Gasteiger partial charge in [-0.1, -0.05) is 0 Å². The van der Waals surface area contributed by atoms with E-state index in [0.717, 1.165) is 13.0 Å². The third-order valence-electron chi connectivity index (χ3n) is 1.91. The third-order valence-corrected chi connectivity index (χ3v) is 1.91. The van der Waals surface area contributed by atoms with Gasteiger partial charge in [0, 0.05) is 12.7 Å². The average molecular weight is 210 g/mol. The highest BCUT2D eigenvalue weighted by molar-refractivity contribution is 5.48. The number of ether oxygens (including phenoxy) is 1. The molecule has 1 rings (SSSR count). The molecule has 0 bridgehead atoms. The molecule has 0 fully saturated rings. The molecule has 0 saturated carbocycles. The normalized spacial score (nSPS) is 10.4. The second-order valence-corrected chi connectivity index (χ2v) is 3.50. The van der Waals surface area contributed by atoms with Gasteiger partial charge in [-0.2, -0.15) is 0 Å². The fourth-order valence-electron chi connectivity index (χ4n) is 1.18. The molecule has 0 aliphatic heterocycles. The van der Waals surface area contributed by atoms with E-state index in [-0.39, 0.29) is 0 Å². The number of hydrogen-bond acceptors (Lipinski definition) is 5. The minimum Gasteiger partial charge on any atom is -0.490 e. The largest absolute Gasteiger partial charge is 0.490 e. The summed E-state index contributed by atoms with van der Waals surface area (Å²) in [6, 6.07) is 3.67. The first-order chi connectivity index (χ1) is 7.24. The Kier molecular flexibility index (Phi) is 4.86. The summed E-state index contributed by atoms with van der Waals surface area (Å²) in [6.45, 7) is 1.67. The molecule has 0 spiro atoms. The Morgan fingerprint density at radius 3 is 3.00 bits per heavy atom. The van der Waals surface area contributed by atoms with Crippen molar-refractivity contribution < 1.29 is 4.74 Å². The van der Waals surface area contributed by atoms with E-state index in [2.05, 4.69) is 15.3 Å². The monoisotopic (exact) mass is 210 g/mol. The van der Waals surface area contributed by atoms with E-state index in [0.29, 0.717) is 18.2 Å². The van der Waals surface area contributed by atoms with Crippen LogP contribution in [0.2, 0.25) is 0 Å². The summed E-state index contributed by atoms with van der Waals surface area (Å²) in [7, 11) is 4.08. The second-order valence-electron chi connectivity index (χ2n) is 3.50. The number of pyridine rings is 1. The van der Waals surface area contributed by atoms with Crippen molar-refractivity contribution in [2.45, 2.75) is 6.42 Å². The Balaban J connectivity index is 2.36. The van der Waals surface area contributed by atoms with Gasteiger partial charge >= 0.3 is 0 Å². The Labute approximate surface area is 90.2 Å². The summed E-state index contributed by atoms with van der Waals surface area (Å²) in [5.74, 6) is 6.57. The number of nitrogen functional groups attached to an aromatic ring is 1. The fourth-order valence-corrected chi connectivity index (χ4v) is 1.18. The van der Waals surface area contributed by atoms with Crippen molar-refractivity contribution in [3.05, 3.63) is 18.3 Å². The van der Waals surface area contributed by atoms with Crippen LogP contribution in [0.25, 0.3) is 0 Å². The predicted octanol–water partition coefficient (Wildman–Crippen LogP) is 0.698. The lowest BCUT2D eigenvalue weighted by atomic mass is 10.4. The second kappa shape index (κ2) is 6.21. The van der Waals surface area contributed by atoms with Crippen molar-refractivity contribution in [3.63, 3.8) is 0 Å². The predicted molar refractivity (Wildman–Crippen MR) is 60.7 cm³/mol. The van der Waals surface area contributed by atoms with Crippen molar-refractivity contribution >= 4 is 5.82 Å². The van der Waals surface area contributed by atoms with E-state index in [1.165, 1.54) is 0 Å². The van der Waals surface area contributed by atoms with E-state index < -0.39 is 0 Å². The Morgan fingerprint density at radius 1 is 1.53 bits per heavy atom. The van der Waals surface area contributed by atoms with Crippen LogP contribution in [0.15, 0.2) is 18.3 Å². The first-order valence-corrected chi connectivity index (χ1v) is 4.93. The number of rotatable bonds is 6. The molecular weight excluding hydrogens is 192 g/mol. The van der Waals surface area contributed by atoms with Crippen LogP contribution >= 0.6 is 0 Å². The molecule has 3 N–H and O–H groups in total. The van der Waals surface area contributed by atoms with E-state index in [4.69, 9.17) is 10.6 Å². The highest BCUT2D eigenvalue weighted by Crippen LogP contribution is 2.19. The van der Waals surface area contributed by atoms with Gasteiger partial charge in [0.2, 0.25) is 0 Å². The summed E-state index contributed by atoms with van der Waals surface area (Å²) in [5, 5.41) is 0. The molecule has 1 aromatic heterocycles. The molecule has 5 heteroatoms. The van der Waals surface area contributed by atoms with Crippen LogP contribution in [-0.4, -0.2) is 37.1 Å². The van der Waals surface area contributed by atoms with Crippen molar-refractivity contribution in [2.24, 2.45) is 5.84 Å². The van der Waals surface area contributed by atoms with Gasteiger partial charge in [-0.3, -0.25) is 0 Å². The maximum atomic E-state index is 5.55. The van der Waals surface area contributed by atoms with Crippen LogP contribution in [0.1, 0.15) is 6.42 Å². The molecule has 0 saturated heterocycles. The van der Waals surface area contributed by atoms with Crippen LogP contribution < -0.4 is 16.0 Å². The molecule has 15 heavy (non-hydrogen) atoms. The van der Waals surface area contributed by atoms with E-state index in [9.17, 15) is 0 Å². The molecule has 1 heterocycles. The third kappa shape index (κ3) is 4.14. The molecule has 0 aliphatic carbocycles. The Morgan fingerprint density at radius 2 is 2.33 bits per heavy atom. The highest BCUT2D eigenvalue weighted by atomic mass is 16.5. The summed E-state index contributed by atoms with van der Waals surface area (Å²) in [6.07, 6.45) is 2.65. The number of hydrogen-bond donors (Lipinski definition) is 2. The summed E-state index contributed by atoms with van der Waals surface area (Å²) >= 11 is 0. The molecule has 1 aromatic rings. The summed E-state index contributed by atoms with van der Waals surface area (Å²) in [4.78, 5) is 6.16. The first kappa shape index (κ1) is 11.7. The molecule has 0 unspecified atom stereocenters. The smallest absolute Gasteiger partial charge is 0.182 e. The van der Waals surface area contributed by atoms with Crippen molar-refractivity contribution in [1.29, 1.82) is 0 Å². The van der Waals surface area contributed by atoms with Gasteiger partial charge in [0.25, 0.3) is 0 Å². The summed E-state index contributed by atoms with van der Waals surface area (Å²) < 4.78 is 5.55. The van der Waals surface area contributed by atoms with Crippen LogP contribution in [0.3, 0.4) is 0 Å². The van der Waals surface area contributed by atoms with E-state index in [1.54, 1.807) is 6.20 Å². The van der Waals surface area contributed by atoms with Crippen LogP contribution in [0, 0.1) is 0 Å². The molecule has 0 radical (unpaired) electrons. The zero-order valence-corrected chi connectivity index (χ0v) is 9.23. The first-order valence-electron chi connectivity index (χ1n) is 4.93. The minimum atomic E-state index is 0.572. The Hall–Kier alpha value is -1.33. The molecular formula is C10H18N4O. The topological polar surface area (TPSA) is 63.4 Å². The van der Waals surface area contributed by atoms with Crippen LogP contribution in [0.5, 0.6) is 5.75 Å². The van der Waals surface area contributed by atoms with Gasteiger partial charge in [-0.15, -0.1) is 0 Å². The van der Waals surface area contributed by atoms with Crippen molar-refractivity contribution in [2.75, 3.05) is 32.7 Å². The number of nitrogens with zero attached hydrogens (tertiary/aromatic N) is 2. The number of anilines is 1. The fraction of sp³-hybridized carbons (Fsp3) is 0.500. The Bertz CT molecular complexity index is 291. The van der Waals surface area contributed by atoms with E-state index >= 15 is 0 Å². The average Bonchev–Trinajstić information content (AvgIpc) is 2.24. The van der Waals surface area contributed by atoms with Gasteiger partial charge in [0.1, 0.15) is 0 Å². The van der Waals surface area contributed by atoms with Crippen LogP contribution in [-0.2, 0) is 0 Å². The zero-order valence-electron chi connectivity index (χ0n) is 9.23. The quantitative estimate of drug-likeness (QED) is 0.411. The zero-order chi connectivity index (χ0) is 11.1. The molecule has 0 aliphatic rings. The molecule has 5 nitrogen and oxygen atoms in total. The van der Waals surface area contributed by atoms with Crippen molar-refractivity contribution in [3.8, 4) is 5.75 Å². The molecule has 0 atom stereocenters. The molecule has 0 amide bonds. The number of hydrazine groups is 1. The van der Waals surface area contributed by atoms with Gasteiger partial charge in [-0.05, 0) is 32.6 Å². The van der Waals surface area contributed by atoms with Gasteiger partial charge in [-0.25, -0.2) is 10.8 Å². The lowest BCUT2D eigenvalue weighted by molar-refractivity contribution is 0.282.